The summed E-state index contributed by atoms with van der Waals surface area (Å²) in [5, 5.41) is 9.95. The molecule has 21 heavy (non-hydrogen) atoms. The number of aromatic hydroxyl groups is 1. The molecule has 0 unspecified atom stereocenters. The first-order valence-corrected chi connectivity index (χ1v) is 8.10. The highest BCUT2D eigenvalue weighted by molar-refractivity contribution is 5.97. The molecular weight excluding hydrogens is 262 g/mol. The van der Waals surface area contributed by atoms with Crippen LogP contribution in [0.5, 0.6) is 5.75 Å². The topological polar surface area (TPSA) is 40.5 Å². The molecule has 1 saturated heterocycles. The lowest BCUT2D eigenvalue weighted by molar-refractivity contribution is 0.0751. The maximum Gasteiger partial charge on any atom is 0.257 e. The quantitative estimate of drug-likeness (QED) is 0.908. The fourth-order valence-corrected chi connectivity index (χ4v) is 3.41. The van der Waals surface area contributed by atoms with Gasteiger partial charge >= 0.3 is 0 Å². The first-order chi connectivity index (χ1) is 10.0. The Kier molecular flexibility index (Phi) is 4.92. The van der Waals surface area contributed by atoms with Crippen LogP contribution in [-0.4, -0.2) is 29.0 Å². The van der Waals surface area contributed by atoms with E-state index in [-0.39, 0.29) is 11.7 Å². The zero-order chi connectivity index (χ0) is 15.5. The normalized spacial score (nSPS) is 18.3. The first-order valence-electron chi connectivity index (χ1n) is 8.10. The van der Waals surface area contributed by atoms with Crippen LogP contribution >= 0.6 is 0 Å². The van der Waals surface area contributed by atoms with Gasteiger partial charge in [-0.05, 0) is 43.7 Å². The summed E-state index contributed by atoms with van der Waals surface area (Å²) in [7, 11) is 0. The Bertz CT molecular complexity index is 506. The van der Waals surface area contributed by atoms with Crippen molar-refractivity contribution in [1.82, 2.24) is 4.90 Å². The van der Waals surface area contributed by atoms with Crippen LogP contribution in [0, 0.1) is 12.3 Å². The number of amides is 1. The predicted molar refractivity (Wildman–Crippen MR) is 85.6 cm³/mol. The number of phenols is 1. The largest absolute Gasteiger partial charge is 0.507 e. The van der Waals surface area contributed by atoms with Crippen LogP contribution in [0.1, 0.15) is 61.9 Å². The lowest BCUT2D eigenvalue weighted by Crippen LogP contribution is -2.32. The molecule has 1 N–H and O–H groups in total. The summed E-state index contributed by atoms with van der Waals surface area (Å²) in [4.78, 5) is 14.6. The van der Waals surface area contributed by atoms with E-state index in [0.29, 0.717) is 11.0 Å². The van der Waals surface area contributed by atoms with Crippen LogP contribution < -0.4 is 0 Å². The molecule has 0 aliphatic carbocycles. The van der Waals surface area contributed by atoms with E-state index >= 15 is 0 Å². The number of hydrogen-bond donors (Lipinski definition) is 1. The minimum atomic E-state index is -0.0285. The fourth-order valence-electron chi connectivity index (χ4n) is 3.41. The van der Waals surface area contributed by atoms with Gasteiger partial charge in [0.05, 0.1) is 5.56 Å². The van der Waals surface area contributed by atoms with Gasteiger partial charge in [-0.3, -0.25) is 4.79 Å². The van der Waals surface area contributed by atoms with Gasteiger partial charge in [-0.2, -0.15) is 0 Å². The number of hydrogen-bond acceptors (Lipinski definition) is 2. The van der Waals surface area contributed by atoms with Gasteiger partial charge in [-0.1, -0.05) is 38.3 Å². The Balaban J connectivity index is 2.15. The monoisotopic (exact) mass is 289 g/mol. The van der Waals surface area contributed by atoms with E-state index in [1.807, 2.05) is 17.9 Å². The van der Waals surface area contributed by atoms with Crippen molar-refractivity contribution in [3.63, 3.8) is 0 Å². The molecule has 1 fully saturated rings. The van der Waals surface area contributed by atoms with Crippen molar-refractivity contribution >= 4 is 5.91 Å². The lowest BCUT2D eigenvalue weighted by Gasteiger charge is -2.30. The fraction of sp³-hybridized carbons (Fsp3) is 0.611. The number of likely N-dealkylation sites (tertiary alicyclic amines) is 1. The summed E-state index contributed by atoms with van der Waals surface area (Å²) < 4.78 is 0. The van der Waals surface area contributed by atoms with E-state index in [0.717, 1.165) is 31.5 Å². The van der Waals surface area contributed by atoms with E-state index in [1.54, 1.807) is 12.1 Å². The second-order valence-corrected chi connectivity index (χ2v) is 6.37. The Hall–Kier alpha value is -1.51. The molecule has 3 nitrogen and oxygen atoms in total. The van der Waals surface area contributed by atoms with E-state index in [9.17, 15) is 9.90 Å². The molecule has 1 heterocycles. The Morgan fingerprint density at radius 1 is 1.24 bits per heavy atom. The number of rotatable bonds is 3. The van der Waals surface area contributed by atoms with Gasteiger partial charge in [-0.25, -0.2) is 0 Å². The summed E-state index contributed by atoms with van der Waals surface area (Å²) in [6.45, 7) is 8.06. The third-order valence-electron chi connectivity index (χ3n) is 5.22. The van der Waals surface area contributed by atoms with Crippen molar-refractivity contribution in [3.05, 3.63) is 29.3 Å². The lowest BCUT2D eigenvalue weighted by atomic mass is 9.76. The third-order valence-corrected chi connectivity index (χ3v) is 5.22. The smallest absolute Gasteiger partial charge is 0.257 e. The molecule has 1 aromatic rings. The van der Waals surface area contributed by atoms with Gasteiger partial charge in [0.1, 0.15) is 5.75 Å². The second kappa shape index (κ2) is 6.50. The molecule has 2 rings (SSSR count). The maximum absolute atomic E-state index is 12.7. The second-order valence-electron chi connectivity index (χ2n) is 6.37. The number of phenolic OH excluding ortho intramolecular Hbond substituents is 1. The minimum Gasteiger partial charge on any atom is -0.507 e. The average molecular weight is 289 g/mol. The summed E-state index contributed by atoms with van der Waals surface area (Å²) in [5.41, 5.74) is 1.84. The average Bonchev–Trinajstić information content (AvgIpc) is 2.72. The molecule has 0 spiro atoms. The molecule has 1 aliphatic rings. The highest BCUT2D eigenvalue weighted by atomic mass is 16.3. The molecule has 0 saturated carbocycles. The van der Waals surface area contributed by atoms with Crippen molar-refractivity contribution < 1.29 is 9.90 Å². The standard InChI is InChI=1S/C18H27NO2/c1-4-18(5-2)9-6-11-19(12-10-18)17(21)15-13-14(3)7-8-16(15)20/h7-8,13,20H,4-6,9-12H2,1-3H3. The van der Waals surface area contributed by atoms with Crippen molar-refractivity contribution in [1.29, 1.82) is 0 Å². The van der Waals surface area contributed by atoms with Crippen molar-refractivity contribution in [2.75, 3.05) is 13.1 Å². The van der Waals surface area contributed by atoms with E-state index < -0.39 is 0 Å². The number of nitrogens with zero attached hydrogens (tertiary/aromatic N) is 1. The van der Waals surface area contributed by atoms with Crippen molar-refractivity contribution in [2.24, 2.45) is 5.41 Å². The molecular formula is C18H27NO2. The SMILES string of the molecule is CCC1(CC)CCCN(C(=O)c2cc(C)ccc2O)CC1. The summed E-state index contributed by atoms with van der Waals surface area (Å²) in [5.74, 6) is 0.0614. The van der Waals surface area contributed by atoms with Gasteiger partial charge in [0.2, 0.25) is 0 Å². The molecule has 0 radical (unpaired) electrons. The highest BCUT2D eigenvalue weighted by Crippen LogP contribution is 2.38. The van der Waals surface area contributed by atoms with Gasteiger partial charge in [-0.15, -0.1) is 0 Å². The van der Waals surface area contributed by atoms with Gasteiger partial charge in [0.15, 0.2) is 0 Å². The van der Waals surface area contributed by atoms with Crippen LogP contribution in [0.4, 0.5) is 0 Å². The van der Waals surface area contributed by atoms with E-state index in [2.05, 4.69) is 13.8 Å². The Labute approximate surface area is 128 Å². The van der Waals surface area contributed by atoms with Crippen molar-refractivity contribution in [3.8, 4) is 5.75 Å². The zero-order valence-electron chi connectivity index (χ0n) is 13.5. The molecule has 0 bridgehead atoms. The molecule has 0 aromatic heterocycles. The third kappa shape index (κ3) is 3.39. The Morgan fingerprint density at radius 2 is 1.95 bits per heavy atom. The first kappa shape index (κ1) is 15.9. The van der Waals surface area contributed by atoms with Crippen molar-refractivity contribution in [2.45, 2.75) is 52.9 Å². The number of carbonyl (C=O) groups excluding carboxylic acids is 1. The molecule has 3 heteroatoms. The van der Waals surface area contributed by atoms with Gasteiger partial charge < -0.3 is 10.0 Å². The van der Waals surface area contributed by atoms with Crippen LogP contribution in [0.2, 0.25) is 0 Å². The predicted octanol–water partition coefficient (Wildman–Crippen LogP) is 4.13. The van der Waals surface area contributed by atoms with Crippen LogP contribution in [-0.2, 0) is 0 Å². The maximum atomic E-state index is 12.7. The molecule has 116 valence electrons. The Morgan fingerprint density at radius 3 is 2.62 bits per heavy atom. The van der Waals surface area contributed by atoms with E-state index in [1.165, 1.54) is 19.3 Å². The minimum absolute atomic E-state index is 0.0285. The van der Waals surface area contributed by atoms with Crippen LogP contribution in [0.3, 0.4) is 0 Å². The number of benzene rings is 1. The van der Waals surface area contributed by atoms with Crippen LogP contribution in [0.15, 0.2) is 18.2 Å². The highest BCUT2D eigenvalue weighted by Gasteiger charge is 2.31. The molecule has 1 aromatic carbocycles. The molecule has 1 amide bonds. The van der Waals surface area contributed by atoms with Gasteiger partial charge in [0, 0.05) is 13.1 Å². The molecule has 0 atom stereocenters. The summed E-state index contributed by atoms with van der Waals surface area (Å²) >= 11 is 0. The summed E-state index contributed by atoms with van der Waals surface area (Å²) in [6, 6.07) is 5.23. The van der Waals surface area contributed by atoms with E-state index in [4.69, 9.17) is 0 Å². The number of carbonyl (C=O) groups is 1. The van der Waals surface area contributed by atoms with Gasteiger partial charge in [0.25, 0.3) is 5.91 Å². The van der Waals surface area contributed by atoms with Crippen LogP contribution in [0.25, 0.3) is 0 Å². The summed E-state index contributed by atoms with van der Waals surface area (Å²) in [6.07, 6.45) is 5.68. The molecule has 1 aliphatic heterocycles. The number of aryl methyl sites for hydroxylation is 1. The zero-order valence-corrected chi connectivity index (χ0v) is 13.5.